The molecule has 1 aliphatic heterocycles. The first kappa shape index (κ1) is 33.7. The lowest BCUT2D eigenvalue weighted by Gasteiger charge is -2.62. The monoisotopic (exact) mass is 693 g/mol. The van der Waals surface area contributed by atoms with Crippen LogP contribution in [0.2, 0.25) is 0 Å². The molecule has 5 N–H and O–H groups in total. The van der Waals surface area contributed by atoms with Crippen LogP contribution in [0.1, 0.15) is 77.2 Å². The molecular weight excluding hydrogens is 645 g/mol. The molecule has 1 unspecified atom stereocenters. The van der Waals surface area contributed by atoms with E-state index in [1.807, 2.05) is 48.5 Å². The number of rotatable bonds is 7. The van der Waals surface area contributed by atoms with Crippen LogP contribution in [-0.2, 0) is 9.59 Å². The zero-order chi connectivity index (χ0) is 35.5. The summed E-state index contributed by atoms with van der Waals surface area (Å²) in [6.45, 7) is 4.72. The first-order chi connectivity index (χ1) is 24.5. The molecule has 268 valence electrons. The number of carboxylic acid groups (broad SMARTS) is 1. The number of carboxylic acids is 1. The van der Waals surface area contributed by atoms with Crippen LogP contribution in [0, 0.1) is 40.3 Å². The van der Waals surface area contributed by atoms with Gasteiger partial charge < -0.3 is 20.8 Å². The second-order valence-corrected chi connectivity index (χ2v) is 16.2. The van der Waals surface area contributed by atoms with Crippen molar-refractivity contribution in [3.8, 4) is 0 Å². The van der Waals surface area contributed by atoms with Crippen LogP contribution in [0.5, 0.6) is 0 Å². The zero-order valence-electron chi connectivity index (χ0n) is 29.3. The molecule has 3 aromatic rings. The summed E-state index contributed by atoms with van der Waals surface area (Å²) in [5.41, 5.74) is 4.41. The van der Waals surface area contributed by atoms with Crippen molar-refractivity contribution in [2.45, 2.75) is 89.6 Å². The molecular formula is C41H48FN5O4. The van der Waals surface area contributed by atoms with Crippen LogP contribution in [0.15, 0.2) is 84.0 Å². The summed E-state index contributed by atoms with van der Waals surface area (Å²) in [6, 6.07) is 22.5. The second kappa shape index (κ2) is 12.7. The van der Waals surface area contributed by atoms with Crippen LogP contribution < -0.4 is 21.0 Å². The van der Waals surface area contributed by atoms with Gasteiger partial charge in [0.1, 0.15) is 11.4 Å². The maximum Gasteiger partial charge on any atom is 0.329 e. The number of hydrazone groups is 1. The standard InChI is InChI=1S/C41H48FN5O4/c1-39-22-23-41(37(50)51,24-25(39)12-17-29-31-18-19-34(48)40(31,2)21-20-32(29)39)44-33-11-7-6-10-30(33)35-36(49)47(28-8-4-3-5-9-28)38(46-45-35)43-27-15-13-26(42)14-16-27/h3-11,13-16,25,29,31-32,34,38,43-44,46,48H,12,17-24H2,1-2H3,(H,50,51)/t25-,29-,31-,32-,34-,38?,39-,40-,41-/m0/s1. The molecule has 4 saturated carbocycles. The molecule has 1 heterocycles. The Morgan fingerprint density at radius 1 is 0.882 bits per heavy atom. The minimum Gasteiger partial charge on any atom is -0.480 e. The number of aliphatic carboxylic acids is 1. The van der Waals surface area contributed by atoms with Crippen molar-refractivity contribution in [2.24, 2.45) is 39.6 Å². The number of nitrogens with zero attached hydrogens (tertiary/aromatic N) is 2. The van der Waals surface area contributed by atoms with Crippen LogP contribution in [0.4, 0.5) is 21.5 Å². The van der Waals surface area contributed by atoms with Gasteiger partial charge in [-0.1, -0.05) is 50.2 Å². The van der Waals surface area contributed by atoms with E-state index in [9.17, 15) is 24.2 Å². The fraction of sp³-hybridized carbons (Fsp3) is 0.488. The summed E-state index contributed by atoms with van der Waals surface area (Å²) in [4.78, 5) is 29.3. The Morgan fingerprint density at radius 2 is 1.61 bits per heavy atom. The van der Waals surface area contributed by atoms with E-state index in [2.05, 4.69) is 35.0 Å². The highest BCUT2D eigenvalue weighted by Crippen LogP contribution is 2.67. The van der Waals surface area contributed by atoms with Gasteiger partial charge >= 0.3 is 5.97 Å². The predicted octanol–water partition coefficient (Wildman–Crippen LogP) is 7.20. The number of carbonyl (C=O) groups is 2. The van der Waals surface area contributed by atoms with E-state index in [1.165, 1.54) is 12.1 Å². The van der Waals surface area contributed by atoms with Crippen molar-refractivity contribution in [3.05, 3.63) is 90.2 Å². The van der Waals surface area contributed by atoms with Crippen LogP contribution in [0.3, 0.4) is 0 Å². The van der Waals surface area contributed by atoms with Crippen LogP contribution >= 0.6 is 0 Å². The molecule has 0 saturated heterocycles. The number of benzene rings is 3. The molecule has 9 nitrogen and oxygen atoms in total. The molecule has 8 rings (SSSR count). The van der Waals surface area contributed by atoms with Gasteiger partial charge in [-0.15, -0.1) is 0 Å². The van der Waals surface area contributed by atoms with E-state index in [4.69, 9.17) is 0 Å². The molecule has 51 heavy (non-hydrogen) atoms. The third-order valence-corrected chi connectivity index (χ3v) is 13.8. The maximum atomic E-state index is 14.4. The van der Waals surface area contributed by atoms with Crippen molar-refractivity contribution >= 4 is 34.7 Å². The molecule has 0 radical (unpaired) electrons. The van der Waals surface area contributed by atoms with Gasteiger partial charge in [0.25, 0.3) is 5.91 Å². The largest absolute Gasteiger partial charge is 0.480 e. The van der Waals surface area contributed by atoms with E-state index < -0.39 is 17.8 Å². The lowest BCUT2D eigenvalue weighted by Crippen LogP contribution is -2.60. The Balaban J connectivity index is 1.07. The predicted molar refractivity (Wildman–Crippen MR) is 196 cm³/mol. The smallest absolute Gasteiger partial charge is 0.329 e. The van der Waals surface area contributed by atoms with Gasteiger partial charge in [0.2, 0.25) is 0 Å². The van der Waals surface area contributed by atoms with Crippen molar-refractivity contribution in [1.82, 2.24) is 5.43 Å². The van der Waals surface area contributed by atoms with Gasteiger partial charge in [0, 0.05) is 22.6 Å². The van der Waals surface area contributed by atoms with Gasteiger partial charge in [-0.3, -0.25) is 15.1 Å². The highest BCUT2D eigenvalue weighted by Gasteiger charge is 2.62. The molecule has 5 aliphatic rings. The number of aliphatic hydroxyl groups is 1. The number of nitrogens with one attached hydrogen (secondary N) is 3. The summed E-state index contributed by atoms with van der Waals surface area (Å²) in [6.07, 6.45) is 7.04. The van der Waals surface area contributed by atoms with Crippen molar-refractivity contribution < 1.29 is 24.2 Å². The number of anilines is 3. The molecule has 4 aliphatic carbocycles. The molecule has 10 heteroatoms. The molecule has 0 bridgehead atoms. The third-order valence-electron chi connectivity index (χ3n) is 13.8. The minimum absolute atomic E-state index is 0.0103. The summed E-state index contributed by atoms with van der Waals surface area (Å²) in [5, 5.41) is 33.1. The number of carbonyl (C=O) groups excluding carboxylic acids is 1. The Labute approximate surface area is 298 Å². The number of hydrogen-bond acceptors (Lipinski definition) is 7. The lowest BCUT2D eigenvalue weighted by molar-refractivity contribution is -0.154. The average Bonchev–Trinajstić information content (AvgIpc) is 3.44. The van der Waals surface area contributed by atoms with Gasteiger partial charge in [-0.2, -0.15) is 5.10 Å². The fourth-order valence-electron chi connectivity index (χ4n) is 10.9. The molecule has 0 aromatic heterocycles. The van der Waals surface area contributed by atoms with Crippen LogP contribution in [-0.4, -0.2) is 45.7 Å². The van der Waals surface area contributed by atoms with Crippen molar-refractivity contribution in [2.75, 3.05) is 15.5 Å². The lowest BCUT2D eigenvalue weighted by atomic mass is 9.44. The van der Waals surface area contributed by atoms with Gasteiger partial charge in [-0.05, 0) is 135 Å². The molecule has 1 amide bonds. The van der Waals surface area contributed by atoms with Crippen molar-refractivity contribution in [1.29, 1.82) is 0 Å². The zero-order valence-corrected chi connectivity index (χ0v) is 29.3. The molecule has 0 spiro atoms. The summed E-state index contributed by atoms with van der Waals surface area (Å²) >= 11 is 0. The van der Waals surface area contributed by atoms with E-state index in [0.29, 0.717) is 53.2 Å². The maximum absolute atomic E-state index is 14.4. The second-order valence-electron chi connectivity index (χ2n) is 16.2. The van der Waals surface area contributed by atoms with Crippen molar-refractivity contribution in [3.63, 3.8) is 0 Å². The molecule has 9 atom stereocenters. The van der Waals surface area contributed by atoms with E-state index in [1.54, 1.807) is 23.1 Å². The number of para-hydroxylation sites is 2. The topological polar surface area (TPSA) is 126 Å². The van der Waals surface area contributed by atoms with Gasteiger partial charge in [0.15, 0.2) is 12.0 Å². The van der Waals surface area contributed by atoms with E-state index >= 15 is 0 Å². The summed E-state index contributed by atoms with van der Waals surface area (Å²) in [7, 11) is 0. The number of fused-ring (bicyclic) bond motifs is 5. The minimum atomic E-state index is -1.20. The van der Waals surface area contributed by atoms with Crippen LogP contribution in [0.25, 0.3) is 0 Å². The van der Waals surface area contributed by atoms with Gasteiger partial charge in [0.05, 0.1) is 6.10 Å². The number of aliphatic hydroxyl groups excluding tert-OH is 1. The van der Waals surface area contributed by atoms with Gasteiger partial charge in [-0.25, -0.2) is 9.18 Å². The molecule has 3 aromatic carbocycles. The third kappa shape index (κ3) is 5.57. The van der Waals surface area contributed by atoms with E-state index in [-0.39, 0.29) is 40.3 Å². The number of amides is 1. The average molecular weight is 694 g/mol. The normalized spacial score (nSPS) is 35.8. The first-order valence-corrected chi connectivity index (χ1v) is 18.6. The Hall–Kier alpha value is -4.44. The summed E-state index contributed by atoms with van der Waals surface area (Å²) in [5.74, 6) is 0.322. The van der Waals surface area contributed by atoms with E-state index in [0.717, 1.165) is 44.9 Å². The Bertz CT molecular complexity index is 1840. The number of halogens is 1. The molecule has 4 fully saturated rings. The Morgan fingerprint density at radius 3 is 2.37 bits per heavy atom. The highest BCUT2D eigenvalue weighted by molar-refractivity contribution is 6.50. The first-order valence-electron chi connectivity index (χ1n) is 18.6. The highest BCUT2D eigenvalue weighted by atomic mass is 19.1. The Kier molecular flexibility index (Phi) is 8.36. The number of hydrogen-bond donors (Lipinski definition) is 5. The summed E-state index contributed by atoms with van der Waals surface area (Å²) < 4.78 is 13.6. The fourth-order valence-corrected chi connectivity index (χ4v) is 10.9. The quantitative estimate of drug-likeness (QED) is 0.177. The SMILES string of the molecule is C[C@]12CC[C@@](Nc3ccccc3C3=NNC(Nc4ccc(F)cc4)N(c4ccccc4)C3=O)(C(=O)O)C[C@@H]1CC[C@@H]1[C@@H]2CC[C@]2(C)[C@@H](O)CC[C@@H]12.